The molecule has 2 heterocycles. The largest absolute Gasteiger partial charge is 0.298 e. The van der Waals surface area contributed by atoms with Crippen LogP contribution in [0.25, 0.3) is 11.3 Å². The molecule has 1 aliphatic rings. The standard InChI is InChI=1S/C23H18N2O/c1-16-7-8-19(13-20(16)15-26)21-14-22(17-5-3-2-4-6-17)25-23(21)18-9-11-24-12-10-18/h2-13,15H,14H2,1H3. The molecule has 0 amide bonds. The Hall–Kier alpha value is -3.33. The molecule has 0 aliphatic carbocycles. The lowest BCUT2D eigenvalue weighted by Gasteiger charge is -2.09. The number of nitrogens with zero attached hydrogens (tertiary/aromatic N) is 2. The smallest absolute Gasteiger partial charge is 0.150 e. The number of carbonyl (C=O) groups excluding carboxylic acids is 1. The molecule has 0 bridgehead atoms. The van der Waals surface area contributed by atoms with Crippen molar-refractivity contribution >= 4 is 23.3 Å². The van der Waals surface area contributed by atoms with E-state index in [4.69, 9.17) is 4.99 Å². The Morgan fingerprint density at radius 3 is 2.38 bits per heavy atom. The van der Waals surface area contributed by atoms with Gasteiger partial charge in [0.05, 0.1) is 11.4 Å². The van der Waals surface area contributed by atoms with Gasteiger partial charge in [-0.25, -0.2) is 0 Å². The predicted molar refractivity (Wildman–Crippen MR) is 105 cm³/mol. The van der Waals surface area contributed by atoms with Gasteiger partial charge in [-0.1, -0.05) is 42.5 Å². The molecular formula is C23H18N2O. The summed E-state index contributed by atoms with van der Waals surface area (Å²) in [6.07, 6.45) is 5.21. The minimum absolute atomic E-state index is 0.720. The summed E-state index contributed by atoms with van der Waals surface area (Å²) >= 11 is 0. The van der Waals surface area contributed by atoms with Gasteiger partial charge in [-0.05, 0) is 47.4 Å². The van der Waals surface area contributed by atoms with Crippen LogP contribution in [-0.4, -0.2) is 17.0 Å². The number of hydrogen-bond donors (Lipinski definition) is 0. The van der Waals surface area contributed by atoms with Gasteiger partial charge in [0.25, 0.3) is 0 Å². The third-order valence-corrected chi connectivity index (χ3v) is 4.69. The Balaban J connectivity index is 1.84. The first-order valence-corrected chi connectivity index (χ1v) is 8.59. The van der Waals surface area contributed by atoms with Crippen LogP contribution >= 0.6 is 0 Å². The van der Waals surface area contributed by atoms with Crippen LogP contribution in [0.1, 0.15) is 39.0 Å². The number of aryl methyl sites for hydroxylation is 1. The minimum atomic E-state index is 0.720. The number of aromatic nitrogens is 1. The molecule has 0 saturated carbocycles. The molecule has 3 aromatic rings. The molecular weight excluding hydrogens is 320 g/mol. The van der Waals surface area contributed by atoms with Gasteiger partial charge in [0.2, 0.25) is 0 Å². The van der Waals surface area contributed by atoms with Crippen LogP contribution < -0.4 is 0 Å². The number of carbonyl (C=O) groups is 1. The van der Waals surface area contributed by atoms with E-state index in [1.165, 1.54) is 0 Å². The van der Waals surface area contributed by atoms with Crippen molar-refractivity contribution in [1.82, 2.24) is 4.98 Å². The van der Waals surface area contributed by atoms with E-state index in [0.717, 1.165) is 57.5 Å². The maximum absolute atomic E-state index is 11.4. The van der Waals surface area contributed by atoms with Crippen LogP contribution in [-0.2, 0) is 0 Å². The first kappa shape index (κ1) is 16.2. The van der Waals surface area contributed by atoms with E-state index >= 15 is 0 Å². The molecule has 4 rings (SSSR count). The lowest BCUT2D eigenvalue weighted by atomic mass is 9.94. The van der Waals surface area contributed by atoms with Gasteiger partial charge < -0.3 is 0 Å². The van der Waals surface area contributed by atoms with E-state index in [9.17, 15) is 4.79 Å². The van der Waals surface area contributed by atoms with E-state index in [1.54, 1.807) is 12.4 Å². The molecule has 0 fully saturated rings. The van der Waals surface area contributed by atoms with Gasteiger partial charge in [0.1, 0.15) is 6.29 Å². The fraction of sp³-hybridized carbons (Fsp3) is 0.0870. The second-order valence-electron chi connectivity index (χ2n) is 6.35. The number of aliphatic imine (C=N–C) groups is 1. The molecule has 126 valence electrons. The molecule has 0 unspecified atom stereocenters. The minimum Gasteiger partial charge on any atom is -0.298 e. The van der Waals surface area contributed by atoms with E-state index in [-0.39, 0.29) is 0 Å². The van der Waals surface area contributed by atoms with Crippen LogP contribution in [0.15, 0.2) is 78.0 Å². The van der Waals surface area contributed by atoms with Crippen LogP contribution in [0.3, 0.4) is 0 Å². The summed E-state index contributed by atoms with van der Waals surface area (Å²) < 4.78 is 0. The summed E-state index contributed by atoms with van der Waals surface area (Å²) in [6.45, 7) is 1.95. The van der Waals surface area contributed by atoms with Gasteiger partial charge in [0, 0.05) is 29.9 Å². The summed E-state index contributed by atoms with van der Waals surface area (Å²) in [6, 6.07) is 20.2. The molecule has 0 spiro atoms. The van der Waals surface area contributed by atoms with Crippen molar-refractivity contribution in [3.05, 3.63) is 101 Å². The lowest BCUT2D eigenvalue weighted by molar-refractivity contribution is 0.112. The molecule has 0 radical (unpaired) electrons. The zero-order chi connectivity index (χ0) is 17.9. The van der Waals surface area contributed by atoms with Crippen LogP contribution in [0.5, 0.6) is 0 Å². The number of hydrogen-bond acceptors (Lipinski definition) is 3. The molecule has 0 saturated heterocycles. The first-order chi connectivity index (χ1) is 12.8. The maximum Gasteiger partial charge on any atom is 0.150 e. The van der Waals surface area contributed by atoms with Gasteiger partial charge in [-0.3, -0.25) is 14.8 Å². The average molecular weight is 338 g/mol. The van der Waals surface area contributed by atoms with Crippen molar-refractivity contribution in [2.45, 2.75) is 13.3 Å². The second kappa shape index (κ2) is 6.89. The highest BCUT2D eigenvalue weighted by atomic mass is 16.1. The summed E-state index contributed by atoms with van der Waals surface area (Å²) in [5.41, 5.74) is 8.03. The maximum atomic E-state index is 11.4. The van der Waals surface area contributed by atoms with Crippen molar-refractivity contribution < 1.29 is 4.79 Å². The summed E-state index contributed by atoms with van der Waals surface area (Å²) in [5, 5.41) is 0. The quantitative estimate of drug-likeness (QED) is 0.631. The number of rotatable bonds is 4. The monoisotopic (exact) mass is 338 g/mol. The van der Waals surface area contributed by atoms with Crippen molar-refractivity contribution in [3.63, 3.8) is 0 Å². The molecule has 2 aromatic carbocycles. The van der Waals surface area contributed by atoms with Crippen molar-refractivity contribution in [3.8, 4) is 0 Å². The Kier molecular flexibility index (Phi) is 4.28. The van der Waals surface area contributed by atoms with Gasteiger partial charge >= 0.3 is 0 Å². The van der Waals surface area contributed by atoms with Crippen molar-refractivity contribution in [2.24, 2.45) is 4.99 Å². The summed E-state index contributed by atoms with van der Waals surface area (Å²) in [4.78, 5) is 20.4. The molecule has 0 atom stereocenters. The first-order valence-electron chi connectivity index (χ1n) is 8.59. The molecule has 0 N–H and O–H groups in total. The highest BCUT2D eigenvalue weighted by Gasteiger charge is 2.22. The highest BCUT2D eigenvalue weighted by molar-refractivity contribution is 6.16. The molecule has 1 aromatic heterocycles. The third kappa shape index (κ3) is 3.00. The number of allylic oxidation sites excluding steroid dienone is 1. The number of aldehydes is 1. The molecule has 3 nitrogen and oxygen atoms in total. The Morgan fingerprint density at radius 2 is 1.65 bits per heavy atom. The van der Waals surface area contributed by atoms with Crippen LogP contribution in [0, 0.1) is 6.92 Å². The van der Waals surface area contributed by atoms with Gasteiger partial charge in [-0.2, -0.15) is 0 Å². The van der Waals surface area contributed by atoms with Crippen molar-refractivity contribution in [2.75, 3.05) is 0 Å². The Bertz CT molecular complexity index is 1020. The lowest BCUT2D eigenvalue weighted by Crippen LogP contribution is -1.98. The summed E-state index contributed by atoms with van der Waals surface area (Å²) in [7, 11) is 0. The van der Waals surface area contributed by atoms with Gasteiger partial charge in [0.15, 0.2) is 0 Å². The fourth-order valence-corrected chi connectivity index (χ4v) is 3.23. The number of pyridine rings is 1. The van der Waals surface area contributed by atoms with Crippen molar-refractivity contribution in [1.29, 1.82) is 0 Å². The highest BCUT2D eigenvalue weighted by Crippen LogP contribution is 2.37. The van der Waals surface area contributed by atoms with E-state index in [0.29, 0.717) is 0 Å². The second-order valence-corrected chi connectivity index (χ2v) is 6.35. The number of benzene rings is 2. The summed E-state index contributed by atoms with van der Waals surface area (Å²) in [5.74, 6) is 0. The third-order valence-electron chi connectivity index (χ3n) is 4.69. The zero-order valence-corrected chi connectivity index (χ0v) is 14.5. The van der Waals surface area contributed by atoms with E-state index in [2.05, 4.69) is 23.2 Å². The molecule has 26 heavy (non-hydrogen) atoms. The van der Waals surface area contributed by atoms with Gasteiger partial charge in [-0.15, -0.1) is 0 Å². The Morgan fingerprint density at radius 1 is 0.885 bits per heavy atom. The Labute approximate surface area is 152 Å². The SMILES string of the molecule is Cc1ccc(C2=C(c3ccncc3)N=C(c3ccccc3)C2)cc1C=O. The molecule has 1 aliphatic heterocycles. The fourth-order valence-electron chi connectivity index (χ4n) is 3.23. The normalized spacial score (nSPS) is 13.7. The predicted octanol–water partition coefficient (Wildman–Crippen LogP) is 4.96. The van der Waals surface area contributed by atoms with Crippen LogP contribution in [0.2, 0.25) is 0 Å². The average Bonchev–Trinajstić information content (AvgIpc) is 3.15. The molecule has 3 heteroatoms. The topological polar surface area (TPSA) is 42.3 Å². The zero-order valence-electron chi connectivity index (χ0n) is 14.5. The van der Waals surface area contributed by atoms with E-state index < -0.39 is 0 Å². The van der Waals surface area contributed by atoms with E-state index in [1.807, 2.05) is 49.4 Å². The van der Waals surface area contributed by atoms with Crippen LogP contribution in [0.4, 0.5) is 0 Å².